The summed E-state index contributed by atoms with van der Waals surface area (Å²) in [5, 5.41) is 4.19. The fourth-order valence-electron chi connectivity index (χ4n) is 2.31. The van der Waals surface area contributed by atoms with Crippen molar-refractivity contribution in [1.29, 1.82) is 0 Å². The van der Waals surface area contributed by atoms with E-state index in [9.17, 15) is 0 Å². The normalized spacial score (nSPS) is 11.9. The molecular formula is C17H21ClN2O. The van der Waals surface area contributed by atoms with E-state index in [2.05, 4.69) is 18.3 Å². The number of hydrogen-bond acceptors (Lipinski definition) is 3. The van der Waals surface area contributed by atoms with Gasteiger partial charge in [0.05, 0.1) is 23.9 Å². The molecule has 2 aromatic carbocycles. The van der Waals surface area contributed by atoms with E-state index >= 15 is 0 Å². The maximum atomic E-state index is 6.31. The molecule has 0 aromatic heterocycles. The summed E-state index contributed by atoms with van der Waals surface area (Å²) < 4.78 is 5.41. The fourth-order valence-corrected chi connectivity index (χ4v) is 2.66. The van der Waals surface area contributed by atoms with Gasteiger partial charge >= 0.3 is 0 Å². The Morgan fingerprint density at radius 3 is 2.48 bits per heavy atom. The maximum absolute atomic E-state index is 6.31. The van der Waals surface area contributed by atoms with Crippen LogP contribution < -0.4 is 15.0 Å². The van der Waals surface area contributed by atoms with Crippen LogP contribution in [0.25, 0.3) is 0 Å². The highest BCUT2D eigenvalue weighted by Gasteiger charge is 2.11. The Kier molecular flexibility index (Phi) is 4.97. The van der Waals surface area contributed by atoms with Crippen LogP contribution in [0.2, 0.25) is 5.02 Å². The lowest BCUT2D eigenvalue weighted by molar-refractivity contribution is 0.408. The summed E-state index contributed by atoms with van der Waals surface area (Å²) in [4.78, 5) is 2.00. The van der Waals surface area contributed by atoms with E-state index in [0.29, 0.717) is 0 Å². The van der Waals surface area contributed by atoms with Crippen molar-refractivity contribution in [2.75, 3.05) is 31.4 Å². The summed E-state index contributed by atoms with van der Waals surface area (Å²) in [6.07, 6.45) is 0. The van der Waals surface area contributed by atoms with Crippen LogP contribution in [-0.4, -0.2) is 21.2 Å². The van der Waals surface area contributed by atoms with Crippen LogP contribution >= 0.6 is 11.6 Å². The lowest BCUT2D eigenvalue weighted by Gasteiger charge is -2.20. The molecule has 4 heteroatoms. The van der Waals surface area contributed by atoms with Crippen LogP contribution in [0.1, 0.15) is 18.5 Å². The van der Waals surface area contributed by atoms with Gasteiger partial charge in [0, 0.05) is 25.3 Å². The molecule has 2 rings (SSSR count). The molecule has 0 saturated heterocycles. The monoisotopic (exact) mass is 304 g/mol. The zero-order chi connectivity index (χ0) is 15.4. The molecular weight excluding hydrogens is 284 g/mol. The van der Waals surface area contributed by atoms with E-state index < -0.39 is 0 Å². The first-order valence-electron chi connectivity index (χ1n) is 6.89. The predicted octanol–water partition coefficient (Wildman–Crippen LogP) is 4.59. The summed E-state index contributed by atoms with van der Waals surface area (Å²) in [5.41, 5.74) is 3.11. The third kappa shape index (κ3) is 3.61. The van der Waals surface area contributed by atoms with E-state index in [1.165, 1.54) is 0 Å². The van der Waals surface area contributed by atoms with E-state index in [4.69, 9.17) is 16.3 Å². The second-order valence-electron chi connectivity index (χ2n) is 5.17. The van der Waals surface area contributed by atoms with Crippen molar-refractivity contribution in [3.05, 3.63) is 53.1 Å². The van der Waals surface area contributed by atoms with Gasteiger partial charge in [-0.15, -0.1) is 0 Å². The van der Waals surface area contributed by atoms with Crippen molar-refractivity contribution >= 4 is 23.0 Å². The van der Waals surface area contributed by atoms with Crippen LogP contribution in [0, 0.1) is 0 Å². The van der Waals surface area contributed by atoms with Crippen LogP contribution in [0.15, 0.2) is 42.5 Å². The highest BCUT2D eigenvalue weighted by Crippen LogP contribution is 2.31. The molecule has 0 aliphatic carbocycles. The van der Waals surface area contributed by atoms with Crippen molar-refractivity contribution in [2.45, 2.75) is 13.0 Å². The first-order chi connectivity index (χ1) is 10.0. The molecule has 0 aliphatic heterocycles. The number of nitrogens with zero attached hydrogens (tertiary/aromatic N) is 1. The molecule has 0 amide bonds. The maximum Gasteiger partial charge on any atom is 0.124 e. The number of anilines is 2. The van der Waals surface area contributed by atoms with Gasteiger partial charge in [0.2, 0.25) is 0 Å². The lowest BCUT2D eigenvalue weighted by Crippen LogP contribution is -2.10. The zero-order valence-corrected chi connectivity index (χ0v) is 13.6. The molecule has 0 fully saturated rings. The molecule has 2 aromatic rings. The Morgan fingerprint density at radius 2 is 1.86 bits per heavy atom. The summed E-state index contributed by atoms with van der Waals surface area (Å²) in [7, 11) is 5.64. The number of rotatable bonds is 5. The van der Waals surface area contributed by atoms with Gasteiger partial charge < -0.3 is 15.0 Å². The molecule has 1 atom stereocenters. The van der Waals surface area contributed by atoms with Crippen molar-refractivity contribution < 1.29 is 4.74 Å². The summed E-state index contributed by atoms with van der Waals surface area (Å²) >= 11 is 6.31. The van der Waals surface area contributed by atoms with Crippen LogP contribution in [0.5, 0.6) is 5.75 Å². The molecule has 0 bridgehead atoms. The molecule has 0 heterocycles. The number of methoxy groups -OCH3 is 1. The van der Waals surface area contributed by atoms with Crippen molar-refractivity contribution in [3.63, 3.8) is 0 Å². The number of nitrogens with one attached hydrogen (secondary N) is 1. The molecule has 0 aliphatic rings. The SMILES string of the molecule is COc1ccccc1C(C)Nc1ccc(N(C)C)c(Cl)c1. The molecule has 0 spiro atoms. The first-order valence-corrected chi connectivity index (χ1v) is 7.27. The number of para-hydroxylation sites is 1. The highest BCUT2D eigenvalue weighted by atomic mass is 35.5. The summed E-state index contributed by atoms with van der Waals surface area (Å²) in [6, 6.07) is 14.1. The average Bonchev–Trinajstić information content (AvgIpc) is 2.46. The smallest absolute Gasteiger partial charge is 0.124 e. The van der Waals surface area contributed by atoms with Gasteiger partial charge in [-0.1, -0.05) is 29.8 Å². The van der Waals surface area contributed by atoms with Gasteiger partial charge in [-0.25, -0.2) is 0 Å². The third-order valence-electron chi connectivity index (χ3n) is 3.42. The second-order valence-corrected chi connectivity index (χ2v) is 5.58. The van der Waals surface area contributed by atoms with E-state index in [1.807, 2.05) is 55.4 Å². The van der Waals surface area contributed by atoms with Gasteiger partial charge in [0.1, 0.15) is 5.75 Å². The summed E-state index contributed by atoms with van der Waals surface area (Å²) in [5.74, 6) is 0.883. The number of halogens is 1. The average molecular weight is 305 g/mol. The zero-order valence-electron chi connectivity index (χ0n) is 12.9. The van der Waals surface area contributed by atoms with Crippen molar-refractivity contribution in [2.24, 2.45) is 0 Å². The van der Waals surface area contributed by atoms with E-state index in [-0.39, 0.29) is 6.04 Å². The lowest BCUT2D eigenvalue weighted by atomic mass is 10.1. The molecule has 21 heavy (non-hydrogen) atoms. The Labute approximate surface area is 131 Å². The minimum Gasteiger partial charge on any atom is -0.496 e. The molecule has 0 radical (unpaired) electrons. The van der Waals surface area contributed by atoms with Gasteiger partial charge in [-0.05, 0) is 31.2 Å². The van der Waals surface area contributed by atoms with Crippen molar-refractivity contribution in [1.82, 2.24) is 0 Å². The molecule has 112 valence electrons. The number of ether oxygens (including phenoxy) is 1. The van der Waals surface area contributed by atoms with Gasteiger partial charge in [0.25, 0.3) is 0 Å². The number of hydrogen-bond donors (Lipinski definition) is 1. The Morgan fingerprint density at radius 1 is 1.14 bits per heavy atom. The predicted molar refractivity (Wildman–Crippen MR) is 90.8 cm³/mol. The Hall–Kier alpha value is -1.87. The van der Waals surface area contributed by atoms with Gasteiger partial charge in [-0.2, -0.15) is 0 Å². The van der Waals surface area contributed by atoms with Crippen LogP contribution in [0.4, 0.5) is 11.4 Å². The van der Waals surface area contributed by atoms with E-state index in [1.54, 1.807) is 7.11 Å². The van der Waals surface area contributed by atoms with Gasteiger partial charge in [0.15, 0.2) is 0 Å². The first kappa shape index (κ1) is 15.5. The molecule has 1 unspecified atom stereocenters. The topological polar surface area (TPSA) is 24.5 Å². The summed E-state index contributed by atoms with van der Waals surface area (Å²) in [6.45, 7) is 2.10. The largest absolute Gasteiger partial charge is 0.496 e. The number of benzene rings is 2. The molecule has 3 nitrogen and oxygen atoms in total. The third-order valence-corrected chi connectivity index (χ3v) is 3.72. The van der Waals surface area contributed by atoms with Crippen LogP contribution in [-0.2, 0) is 0 Å². The Bertz CT molecular complexity index is 613. The quantitative estimate of drug-likeness (QED) is 0.874. The highest BCUT2D eigenvalue weighted by molar-refractivity contribution is 6.33. The van der Waals surface area contributed by atoms with Crippen molar-refractivity contribution in [3.8, 4) is 5.75 Å². The Balaban J connectivity index is 2.20. The van der Waals surface area contributed by atoms with Crippen LogP contribution in [0.3, 0.4) is 0 Å². The van der Waals surface area contributed by atoms with Gasteiger partial charge in [-0.3, -0.25) is 0 Å². The van der Waals surface area contributed by atoms with E-state index in [0.717, 1.165) is 27.7 Å². The molecule has 1 N–H and O–H groups in total. The fraction of sp³-hybridized carbons (Fsp3) is 0.294. The minimum absolute atomic E-state index is 0.127. The minimum atomic E-state index is 0.127. The second kappa shape index (κ2) is 6.72. The standard InChI is InChI=1S/C17H21ClN2O/c1-12(14-7-5-6-8-17(14)21-4)19-13-9-10-16(20(2)3)15(18)11-13/h5-12,19H,1-4H3. The molecule has 0 saturated carbocycles.